The fraction of sp³-hybridized carbons (Fsp3) is 0.533. The van der Waals surface area contributed by atoms with Crippen LogP contribution in [0.25, 0.3) is 0 Å². The third kappa shape index (κ3) is 4.24. The van der Waals surface area contributed by atoms with E-state index in [1.54, 1.807) is 0 Å². The van der Waals surface area contributed by atoms with E-state index < -0.39 is 6.10 Å². The van der Waals surface area contributed by atoms with Gasteiger partial charge in [0.2, 0.25) is 0 Å². The maximum atomic E-state index is 12.0. The SMILES string of the molecule is CCC(Oc1ccccc1)C(=O)NCC1CCCO1. The molecule has 1 fully saturated rings. The topological polar surface area (TPSA) is 47.6 Å². The zero-order valence-corrected chi connectivity index (χ0v) is 11.3. The van der Waals surface area contributed by atoms with Gasteiger partial charge < -0.3 is 14.8 Å². The zero-order chi connectivity index (χ0) is 13.5. The fourth-order valence-corrected chi connectivity index (χ4v) is 2.12. The van der Waals surface area contributed by atoms with E-state index in [4.69, 9.17) is 9.47 Å². The molecule has 4 heteroatoms. The highest BCUT2D eigenvalue weighted by Gasteiger charge is 2.21. The molecule has 1 N–H and O–H groups in total. The van der Waals surface area contributed by atoms with Gasteiger partial charge in [-0.1, -0.05) is 25.1 Å². The van der Waals surface area contributed by atoms with Crippen LogP contribution in [0.4, 0.5) is 0 Å². The van der Waals surface area contributed by atoms with Crippen molar-refractivity contribution in [1.82, 2.24) is 5.32 Å². The van der Waals surface area contributed by atoms with Gasteiger partial charge in [0.05, 0.1) is 6.10 Å². The highest BCUT2D eigenvalue weighted by molar-refractivity contribution is 5.81. The number of hydrogen-bond acceptors (Lipinski definition) is 3. The van der Waals surface area contributed by atoms with Crippen molar-refractivity contribution in [2.24, 2.45) is 0 Å². The molecule has 0 aliphatic carbocycles. The lowest BCUT2D eigenvalue weighted by Crippen LogP contribution is -2.41. The lowest BCUT2D eigenvalue weighted by Gasteiger charge is -2.18. The van der Waals surface area contributed by atoms with Gasteiger partial charge in [-0.15, -0.1) is 0 Å². The molecule has 104 valence electrons. The molecule has 1 aromatic carbocycles. The van der Waals surface area contributed by atoms with E-state index in [0.29, 0.717) is 13.0 Å². The summed E-state index contributed by atoms with van der Waals surface area (Å²) >= 11 is 0. The molecular formula is C15H21NO3. The van der Waals surface area contributed by atoms with E-state index >= 15 is 0 Å². The van der Waals surface area contributed by atoms with Crippen molar-refractivity contribution < 1.29 is 14.3 Å². The van der Waals surface area contributed by atoms with Crippen molar-refractivity contribution >= 4 is 5.91 Å². The Morgan fingerprint density at radius 3 is 2.89 bits per heavy atom. The summed E-state index contributed by atoms with van der Waals surface area (Å²) < 4.78 is 11.2. The van der Waals surface area contributed by atoms with Gasteiger partial charge in [-0.2, -0.15) is 0 Å². The van der Waals surface area contributed by atoms with Crippen LogP contribution in [-0.4, -0.2) is 31.3 Å². The molecule has 1 aromatic rings. The number of ether oxygens (including phenoxy) is 2. The lowest BCUT2D eigenvalue weighted by molar-refractivity contribution is -0.128. The Morgan fingerprint density at radius 2 is 2.26 bits per heavy atom. The third-order valence-corrected chi connectivity index (χ3v) is 3.21. The summed E-state index contributed by atoms with van der Waals surface area (Å²) in [6, 6.07) is 9.43. The molecule has 19 heavy (non-hydrogen) atoms. The minimum Gasteiger partial charge on any atom is -0.481 e. The van der Waals surface area contributed by atoms with Gasteiger partial charge in [-0.3, -0.25) is 4.79 Å². The molecule has 1 heterocycles. The smallest absolute Gasteiger partial charge is 0.261 e. The van der Waals surface area contributed by atoms with E-state index in [0.717, 1.165) is 25.2 Å². The van der Waals surface area contributed by atoms with Crippen LogP contribution in [-0.2, 0) is 9.53 Å². The van der Waals surface area contributed by atoms with Gasteiger partial charge in [-0.25, -0.2) is 0 Å². The average molecular weight is 263 g/mol. The van der Waals surface area contributed by atoms with Crippen LogP contribution in [0.3, 0.4) is 0 Å². The quantitative estimate of drug-likeness (QED) is 0.855. The minimum atomic E-state index is -0.441. The Hall–Kier alpha value is -1.55. The Morgan fingerprint density at radius 1 is 1.47 bits per heavy atom. The van der Waals surface area contributed by atoms with E-state index in [2.05, 4.69) is 5.32 Å². The number of hydrogen-bond donors (Lipinski definition) is 1. The molecule has 0 saturated carbocycles. The number of carbonyl (C=O) groups is 1. The summed E-state index contributed by atoms with van der Waals surface area (Å²) in [5.41, 5.74) is 0. The monoisotopic (exact) mass is 263 g/mol. The standard InChI is InChI=1S/C15H21NO3/c1-2-14(19-12-7-4-3-5-8-12)15(17)16-11-13-9-6-10-18-13/h3-5,7-8,13-14H,2,6,9-11H2,1H3,(H,16,17). The Labute approximate surface area is 114 Å². The fourth-order valence-electron chi connectivity index (χ4n) is 2.12. The highest BCUT2D eigenvalue weighted by Crippen LogP contribution is 2.13. The summed E-state index contributed by atoms with van der Waals surface area (Å²) in [5.74, 6) is 0.656. The second kappa shape index (κ2) is 7.14. The molecule has 0 aromatic heterocycles. The average Bonchev–Trinajstić information content (AvgIpc) is 2.96. The largest absolute Gasteiger partial charge is 0.481 e. The predicted molar refractivity (Wildman–Crippen MR) is 73.1 cm³/mol. The number of para-hydroxylation sites is 1. The number of nitrogens with one attached hydrogen (secondary N) is 1. The first-order valence-corrected chi connectivity index (χ1v) is 6.90. The molecule has 2 rings (SSSR count). The van der Waals surface area contributed by atoms with Crippen molar-refractivity contribution in [2.75, 3.05) is 13.2 Å². The van der Waals surface area contributed by atoms with Crippen molar-refractivity contribution in [2.45, 2.75) is 38.4 Å². The van der Waals surface area contributed by atoms with Crippen molar-refractivity contribution in [3.05, 3.63) is 30.3 Å². The first-order valence-electron chi connectivity index (χ1n) is 6.90. The number of amides is 1. The van der Waals surface area contributed by atoms with Gasteiger partial charge >= 0.3 is 0 Å². The van der Waals surface area contributed by atoms with Gasteiger partial charge in [0.25, 0.3) is 5.91 Å². The highest BCUT2D eigenvalue weighted by atomic mass is 16.5. The molecule has 0 bridgehead atoms. The molecule has 2 atom stereocenters. The second-order valence-corrected chi connectivity index (χ2v) is 4.71. The van der Waals surface area contributed by atoms with Crippen molar-refractivity contribution in [3.8, 4) is 5.75 Å². The van der Waals surface area contributed by atoms with E-state index in [-0.39, 0.29) is 12.0 Å². The maximum Gasteiger partial charge on any atom is 0.261 e. The lowest BCUT2D eigenvalue weighted by atomic mass is 10.2. The summed E-state index contributed by atoms with van der Waals surface area (Å²) in [7, 11) is 0. The van der Waals surface area contributed by atoms with Gasteiger partial charge in [0.15, 0.2) is 6.10 Å². The minimum absolute atomic E-state index is 0.0677. The van der Waals surface area contributed by atoms with Crippen LogP contribution in [0.2, 0.25) is 0 Å². The van der Waals surface area contributed by atoms with E-state index in [1.807, 2.05) is 37.3 Å². The van der Waals surface area contributed by atoms with Crippen LogP contribution < -0.4 is 10.1 Å². The second-order valence-electron chi connectivity index (χ2n) is 4.71. The summed E-state index contributed by atoms with van der Waals surface area (Å²) in [4.78, 5) is 12.0. The van der Waals surface area contributed by atoms with Gasteiger partial charge in [0.1, 0.15) is 5.75 Å². The molecule has 2 unspecified atom stereocenters. The maximum absolute atomic E-state index is 12.0. The Bertz CT molecular complexity index is 388. The Kier molecular flexibility index (Phi) is 5.21. The summed E-state index contributed by atoms with van der Waals surface area (Å²) in [5, 5.41) is 2.91. The van der Waals surface area contributed by atoms with Crippen LogP contribution >= 0.6 is 0 Å². The third-order valence-electron chi connectivity index (χ3n) is 3.21. The predicted octanol–water partition coefficient (Wildman–Crippen LogP) is 2.14. The molecule has 0 radical (unpaired) electrons. The van der Waals surface area contributed by atoms with Crippen molar-refractivity contribution in [1.29, 1.82) is 0 Å². The molecule has 1 saturated heterocycles. The van der Waals surface area contributed by atoms with Crippen LogP contribution in [0, 0.1) is 0 Å². The van der Waals surface area contributed by atoms with E-state index in [9.17, 15) is 4.79 Å². The molecule has 1 aliphatic heterocycles. The summed E-state index contributed by atoms with van der Waals surface area (Å²) in [6.07, 6.45) is 2.48. The van der Waals surface area contributed by atoms with E-state index in [1.165, 1.54) is 0 Å². The molecule has 1 aliphatic rings. The van der Waals surface area contributed by atoms with Crippen LogP contribution in [0.1, 0.15) is 26.2 Å². The first-order chi connectivity index (χ1) is 9.29. The van der Waals surface area contributed by atoms with Gasteiger partial charge in [-0.05, 0) is 31.4 Å². The normalized spacial score (nSPS) is 19.9. The van der Waals surface area contributed by atoms with Crippen LogP contribution in [0.5, 0.6) is 5.75 Å². The number of rotatable bonds is 6. The Balaban J connectivity index is 1.81. The number of carbonyl (C=O) groups excluding carboxylic acids is 1. The summed E-state index contributed by atoms with van der Waals surface area (Å²) in [6.45, 7) is 3.32. The zero-order valence-electron chi connectivity index (χ0n) is 11.3. The van der Waals surface area contributed by atoms with Crippen LogP contribution in [0.15, 0.2) is 30.3 Å². The molecule has 1 amide bonds. The number of benzene rings is 1. The molecular weight excluding hydrogens is 242 g/mol. The molecule has 4 nitrogen and oxygen atoms in total. The van der Waals surface area contributed by atoms with Crippen molar-refractivity contribution in [3.63, 3.8) is 0 Å². The molecule has 0 spiro atoms. The first kappa shape index (κ1) is 13.9. The van der Waals surface area contributed by atoms with Gasteiger partial charge in [0, 0.05) is 13.2 Å².